The zero-order chi connectivity index (χ0) is 6.57. The van der Waals surface area contributed by atoms with Gasteiger partial charge < -0.3 is 5.32 Å². The lowest BCUT2D eigenvalue weighted by Crippen LogP contribution is -2.20. The molecule has 0 fully saturated rings. The first kappa shape index (κ1) is 7.90. The number of rotatable bonds is 2. The molecule has 0 aromatic carbocycles. The lowest BCUT2D eigenvalue weighted by atomic mass is 10.7. The summed E-state index contributed by atoms with van der Waals surface area (Å²) in [5.41, 5.74) is 0. The third-order valence-corrected chi connectivity index (χ3v) is 1.66. The molecular formula is C5H12NOP. The van der Waals surface area contributed by atoms with Crippen LogP contribution in [0, 0.1) is 0 Å². The largest absolute Gasteiger partial charge is 0.359 e. The van der Waals surface area contributed by atoms with Crippen molar-refractivity contribution >= 4 is 13.8 Å². The van der Waals surface area contributed by atoms with E-state index in [-0.39, 0.29) is 13.8 Å². The molecule has 48 valence electrons. The van der Waals surface area contributed by atoms with Crippen molar-refractivity contribution in [1.82, 2.24) is 5.32 Å². The summed E-state index contributed by atoms with van der Waals surface area (Å²) in [5, 5.41) is 2.57. The van der Waals surface area contributed by atoms with Gasteiger partial charge in [0.25, 0.3) is 0 Å². The van der Waals surface area contributed by atoms with Crippen molar-refractivity contribution in [1.29, 1.82) is 0 Å². The van der Waals surface area contributed by atoms with Gasteiger partial charge in [-0.2, -0.15) is 0 Å². The maximum atomic E-state index is 10.5. The molecule has 0 unspecified atom stereocenters. The third kappa shape index (κ3) is 4.07. The van der Waals surface area contributed by atoms with Crippen LogP contribution in [0.15, 0.2) is 0 Å². The SMILES string of the molecule is CNC(=O)CP(C)C. The van der Waals surface area contributed by atoms with Crippen LogP contribution in [0.25, 0.3) is 0 Å². The summed E-state index contributed by atoms with van der Waals surface area (Å²) < 4.78 is 0. The number of amides is 1. The fraction of sp³-hybridized carbons (Fsp3) is 0.800. The molecule has 0 aromatic rings. The third-order valence-electron chi connectivity index (χ3n) is 0.739. The minimum atomic E-state index is -0.0577. The van der Waals surface area contributed by atoms with Crippen molar-refractivity contribution in [3.8, 4) is 0 Å². The molecular weight excluding hydrogens is 121 g/mol. The normalized spacial score (nSPS) is 9.50. The fourth-order valence-corrected chi connectivity index (χ4v) is 1.10. The predicted octanol–water partition coefficient (Wildman–Crippen LogP) is 0.474. The average molecular weight is 133 g/mol. The molecule has 0 radical (unpaired) electrons. The molecule has 0 heterocycles. The van der Waals surface area contributed by atoms with Crippen molar-refractivity contribution in [3.63, 3.8) is 0 Å². The van der Waals surface area contributed by atoms with Gasteiger partial charge in [0.05, 0.1) is 0 Å². The molecule has 0 saturated heterocycles. The molecule has 3 heteroatoms. The Labute approximate surface area is 51.4 Å². The lowest BCUT2D eigenvalue weighted by Gasteiger charge is -2.01. The molecule has 0 aliphatic carbocycles. The topological polar surface area (TPSA) is 29.1 Å². The van der Waals surface area contributed by atoms with Gasteiger partial charge in [0.1, 0.15) is 0 Å². The van der Waals surface area contributed by atoms with E-state index in [4.69, 9.17) is 0 Å². The second-order valence-electron chi connectivity index (χ2n) is 1.91. The van der Waals surface area contributed by atoms with Crippen molar-refractivity contribution in [2.75, 3.05) is 26.5 Å². The summed E-state index contributed by atoms with van der Waals surface area (Å²) in [4.78, 5) is 10.5. The molecule has 0 spiro atoms. The van der Waals surface area contributed by atoms with E-state index in [0.29, 0.717) is 6.16 Å². The van der Waals surface area contributed by atoms with Crippen LogP contribution >= 0.6 is 7.92 Å². The average Bonchev–Trinajstić information content (AvgIpc) is 1.65. The Bertz CT molecular complexity index is 82.5. The van der Waals surface area contributed by atoms with Gasteiger partial charge in [0, 0.05) is 13.2 Å². The minimum Gasteiger partial charge on any atom is -0.359 e. The summed E-state index contributed by atoms with van der Waals surface area (Å²) >= 11 is 0. The zero-order valence-electron chi connectivity index (χ0n) is 5.56. The van der Waals surface area contributed by atoms with E-state index < -0.39 is 0 Å². The highest BCUT2D eigenvalue weighted by molar-refractivity contribution is 7.56. The Kier molecular flexibility index (Phi) is 3.80. The first-order valence-electron chi connectivity index (χ1n) is 2.52. The maximum absolute atomic E-state index is 10.5. The summed E-state index contributed by atoms with van der Waals surface area (Å²) in [6.45, 7) is 4.18. The van der Waals surface area contributed by atoms with Gasteiger partial charge in [-0.05, 0) is 13.3 Å². The molecule has 0 atom stereocenters. The molecule has 0 saturated carbocycles. The Morgan fingerprint density at radius 1 is 1.62 bits per heavy atom. The van der Waals surface area contributed by atoms with Crippen LogP contribution in [-0.4, -0.2) is 32.4 Å². The zero-order valence-corrected chi connectivity index (χ0v) is 6.46. The molecule has 8 heavy (non-hydrogen) atoms. The van der Waals surface area contributed by atoms with E-state index in [1.807, 2.05) is 0 Å². The van der Waals surface area contributed by atoms with E-state index in [2.05, 4.69) is 18.6 Å². The Hall–Kier alpha value is -0.100. The Morgan fingerprint density at radius 2 is 2.12 bits per heavy atom. The second-order valence-corrected chi connectivity index (χ2v) is 4.39. The van der Waals surface area contributed by atoms with E-state index in [1.54, 1.807) is 7.05 Å². The van der Waals surface area contributed by atoms with Gasteiger partial charge in [0.2, 0.25) is 5.91 Å². The highest BCUT2D eigenvalue weighted by atomic mass is 31.1. The first-order valence-corrected chi connectivity index (χ1v) is 4.94. The van der Waals surface area contributed by atoms with E-state index in [0.717, 1.165) is 0 Å². The predicted molar refractivity (Wildman–Crippen MR) is 37.7 cm³/mol. The van der Waals surface area contributed by atoms with Crippen molar-refractivity contribution in [2.24, 2.45) is 0 Å². The van der Waals surface area contributed by atoms with E-state index in [1.165, 1.54) is 0 Å². The number of hydrogen-bond acceptors (Lipinski definition) is 1. The van der Waals surface area contributed by atoms with Crippen molar-refractivity contribution in [3.05, 3.63) is 0 Å². The molecule has 2 nitrogen and oxygen atoms in total. The van der Waals surface area contributed by atoms with Crippen LogP contribution in [0.4, 0.5) is 0 Å². The highest BCUT2D eigenvalue weighted by Gasteiger charge is 1.98. The number of carbonyl (C=O) groups excluding carboxylic acids is 1. The molecule has 0 bridgehead atoms. The van der Waals surface area contributed by atoms with Crippen LogP contribution in [0.2, 0.25) is 0 Å². The monoisotopic (exact) mass is 133 g/mol. The Morgan fingerprint density at radius 3 is 2.25 bits per heavy atom. The van der Waals surface area contributed by atoms with Gasteiger partial charge in [-0.3, -0.25) is 4.79 Å². The van der Waals surface area contributed by atoms with E-state index in [9.17, 15) is 4.79 Å². The number of hydrogen-bond donors (Lipinski definition) is 1. The second kappa shape index (κ2) is 3.85. The van der Waals surface area contributed by atoms with Crippen LogP contribution < -0.4 is 5.32 Å². The minimum absolute atomic E-state index is 0.0577. The van der Waals surface area contributed by atoms with Crippen LogP contribution in [0.1, 0.15) is 0 Å². The summed E-state index contributed by atoms with van der Waals surface area (Å²) in [5.74, 6) is 0.154. The molecule has 1 N–H and O–H groups in total. The van der Waals surface area contributed by atoms with Crippen LogP contribution in [0.3, 0.4) is 0 Å². The summed E-state index contributed by atoms with van der Waals surface area (Å²) in [6, 6.07) is 0. The lowest BCUT2D eigenvalue weighted by molar-refractivity contribution is -0.118. The smallest absolute Gasteiger partial charge is 0.224 e. The highest BCUT2D eigenvalue weighted by Crippen LogP contribution is 2.22. The molecule has 1 amide bonds. The number of nitrogens with one attached hydrogen (secondary N) is 1. The molecule has 0 aliphatic heterocycles. The van der Waals surface area contributed by atoms with Gasteiger partial charge in [0.15, 0.2) is 0 Å². The summed E-state index contributed by atoms with van der Waals surface area (Å²) in [7, 11) is 1.61. The van der Waals surface area contributed by atoms with Gasteiger partial charge in [-0.15, -0.1) is 7.92 Å². The first-order chi connectivity index (χ1) is 3.66. The Balaban J connectivity index is 3.25. The number of carbonyl (C=O) groups is 1. The van der Waals surface area contributed by atoms with Crippen LogP contribution in [-0.2, 0) is 4.79 Å². The van der Waals surface area contributed by atoms with Gasteiger partial charge in [-0.1, -0.05) is 0 Å². The molecule has 0 rings (SSSR count). The molecule has 0 aromatic heterocycles. The van der Waals surface area contributed by atoms with Gasteiger partial charge >= 0.3 is 0 Å². The van der Waals surface area contributed by atoms with Crippen molar-refractivity contribution < 1.29 is 4.79 Å². The summed E-state index contributed by atoms with van der Waals surface area (Å²) in [6.07, 6.45) is 0.700. The fourth-order valence-electron chi connectivity index (χ4n) is 0.366. The van der Waals surface area contributed by atoms with Crippen molar-refractivity contribution in [2.45, 2.75) is 0 Å². The maximum Gasteiger partial charge on any atom is 0.224 e. The molecule has 0 aliphatic rings. The van der Waals surface area contributed by atoms with Gasteiger partial charge in [-0.25, -0.2) is 0 Å². The van der Waals surface area contributed by atoms with E-state index >= 15 is 0 Å². The standard InChI is InChI=1S/C5H12NOP/c1-6-5(7)4-8(2)3/h4H2,1-3H3,(H,6,7). The van der Waals surface area contributed by atoms with Crippen LogP contribution in [0.5, 0.6) is 0 Å². The quantitative estimate of drug-likeness (QED) is 0.545.